The van der Waals surface area contributed by atoms with Gasteiger partial charge >= 0.3 is 5.97 Å². The molecule has 1 atom stereocenters. The summed E-state index contributed by atoms with van der Waals surface area (Å²) in [6, 6.07) is 33.9. The maximum Gasteiger partial charge on any atom is 0.337 e. The molecule has 0 amide bonds. The van der Waals surface area contributed by atoms with Crippen LogP contribution in [0.25, 0.3) is 11.1 Å². The first-order valence-electron chi connectivity index (χ1n) is 15.0. The lowest BCUT2D eigenvalue weighted by Gasteiger charge is -2.18. The van der Waals surface area contributed by atoms with Gasteiger partial charge in [0.2, 0.25) is 0 Å². The summed E-state index contributed by atoms with van der Waals surface area (Å²) < 4.78 is 50.0. The standard InChI is InChI=1S/C38H35FO6S/c1-3-28-23-35(29-13-17-31(39)18-14-29)37(45-26-27-9-5-4-6-10-27)25-36(28)44-22-8-21-43-32-11-7-12-34(24-32)46(41)33-19-15-30(16-20-33)38(40)42-2/h4-7,9-20,23-25H,3,8,21-22,26H2,1-2H3. The van der Waals surface area contributed by atoms with Crippen molar-refractivity contribution in [3.05, 3.63) is 138 Å². The van der Waals surface area contributed by atoms with Crippen LogP contribution in [0.3, 0.4) is 0 Å². The molecule has 5 aromatic rings. The Kier molecular flexibility index (Phi) is 11.2. The first-order valence-corrected chi connectivity index (χ1v) is 16.2. The van der Waals surface area contributed by atoms with Crippen molar-refractivity contribution in [3.63, 3.8) is 0 Å². The van der Waals surface area contributed by atoms with Crippen molar-refractivity contribution in [2.24, 2.45) is 0 Å². The van der Waals surface area contributed by atoms with Crippen molar-refractivity contribution in [3.8, 4) is 28.4 Å². The lowest BCUT2D eigenvalue weighted by molar-refractivity contribution is 0.0600. The number of esters is 1. The fraction of sp³-hybridized carbons (Fsp3) is 0.184. The molecule has 6 nitrogen and oxygen atoms in total. The van der Waals surface area contributed by atoms with Gasteiger partial charge in [-0.25, -0.2) is 13.4 Å². The molecule has 0 saturated carbocycles. The third-order valence-electron chi connectivity index (χ3n) is 7.26. The lowest BCUT2D eigenvalue weighted by Crippen LogP contribution is -2.07. The van der Waals surface area contributed by atoms with E-state index in [1.54, 1.807) is 54.6 Å². The zero-order chi connectivity index (χ0) is 32.3. The van der Waals surface area contributed by atoms with Crippen LogP contribution < -0.4 is 14.2 Å². The minimum Gasteiger partial charge on any atom is -0.493 e. The smallest absolute Gasteiger partial charge is 0.337 e. The monoisotopic (exact) mass is 638 g/mol. The predicted octanol–water partition coefficient (Wildman–Crippen LogP) is 8.44. The molecular formula is C38H35FO6S. The third-order valence-corrected chi connectivity index (χ3v) is 8.64. The minimum atomic E-state index is -1.44. The lowest BCUT2D eigenvalue weighted by atomic mass is 10.00. The van der Waals surface area contributed by atoms with Crippen molar-refractivity contribution >= 4 is 16.8 Å². The molecule has 0 aliphatic carbocycles. The molecule has 0 spiro atoms. The largest absolute Gasteiger partial charge is 0.493 e. The van der Waals surface area contributed by atoms with Crippen LogP contribution in [0, 0.1) is 5.82 Å². The molecule has 236 valence electrons. The molecule has 0 aromatic heterocycles. The molecule has 46 heavy (non-hydrogen) atoms. The Morgan fingerprint density at radius 2 is 1.48 bits per heavy atom. The van der Waals surface area contributed by atoms with E-state index in [1.807, 2.05) is 48.5 Å². The van der Waals surface area contributed by atoms with Gasteiger partial charge in [0.15, 0.2) is 0 Å². The molecule has 0 radical (unpaired) electrons. The van der Waals surface area contributed by atoms with Crippen LogP contribution in [0.2, 0.25) is 0 Å². The van der Waals surface area contributed by atoms with Gasteiger partial charge in [-0.05, 0) is 83.8 Å². The van der Waals surface area contributed by atoms with Gasteiger partial charge in [-0.2, -0.15) is 0 Å². The summed E-state index contributed by atoms with van der Waals surface area (Å²) in [5, 5.41) is 0. The van der Waals surface area contributed by atoms with E-state index in [1.165, 1.54) is 19.2 Å². The van der Waals surface area contributed by atoms with E-state index in [2.05, 4.69) is 6.92 Å². The number of methoxy groups -OCH3 is 1. The zero-order valence-electron chi connectivity index (χ0n) is 25.7. The van der Waals surface area contributed by atoms with Gasteiger partial charge < -0.3 is 18.9 Å². The highest BCUT2D eigenvalue weighted by Crippen LogP contribution is 2.37. The van der Waals surface area contributed by atoms with Crippen molar-refractivity contribution in [1.29, 1.82) is 0 Å². The molecule has 8 heteroatoms. The van der Waals surface area contributed by atoms with Crippen LogP contribution in [-0.2, 0) is 28.6 Å². The van der Waals surface area contributed by atoms with Crippen molar-refractivity contribution < 1.29 is 32.3 Å². The quantitative estimate of drug-likeness (QED) is 0.0898. The van der Waals surface area contributed by atoms with Crippen LogP contribution >= 0.6 is 0 Å². The number of benzene rings is 5. The van der Waals surface area contributed by atoms with Gasteiger partial charge in [0.05, 0.1) is 36.7 Å². The Balaban J connectivity index is 1.22. The first-order chi connectivity index (χ1) is 22.4. The molecule has 0 bridgehead atoms. The van der Waals surface area contributed by atoms with Crippen LogP contribution in [0.1, 0.15) is 34.8 Å². The number of ether oxygens (including phenoxy) is 4. The van der Waals surface area contributed by atoms with Crippen molar-refractivity contribution in [1.82, 2.24) is 0 Å². The van der Waals surface area contributed by atoms with E-state index in [0.29, 0.717) is 53.1 Å². The highest BCUT2D eigenvalue weighted by atomic mass is 32.2. The maximum absolute atomic E-state index is 13.7. The Hall–Kier alpha value is -4.95. The van der Waals surface area contributed by atoms with Gasteiger partial charge in [-0.15, -0.1) is 0 Å². The number of hydrogen-bond donors (Lipinski definition) is 0. The maximum atomic E-state index is 13.7. The summed E-state index contributed by atoms with van der Waals surface area (Å²) in [5.41, 5.74) is 4.19. The van der Waals surface area contributed by atoms with E-state index in [4.69, 9.17) is 18.9 Å². The van der Waals surface area contributed by atoms with E-state index < -0.39 is 16.8 Å². The highest BCUT2D eigenvalue weighted by Gasteiger charge is 2.15. The Morgan fingerprint density at radius 1 is 0.739 bits per heavy atom. The molecule has 5 aromatic carbocycles. The summed E-state index contributed by atoms with van der Waals surface area (Å²) in [5.74, 6) is 1.25. The van der Waals surface area contributed by atoms with Crippen LogP contribution in [0.5, 0.6) is 17.2 Å². The van der Waals surface area contributed by atoms with E-state index in [-0.39, 0.29) is 5.82 Å². The molecule has 0 fully saturated rings. The molecule has 0 N–H and O–H groups in total. The highest BCUT2D eigenvalue weighted by molar-refractivity contribution is 7.85. The number of aryl methyl sites for hydroxylation is 1. The number of halogens is 1. The second kappa shape index (κ2) is 15.9. The normalized spacial score (nSPS) is 11.5. The van der Waals surface area contributed by atoms with Crippen LogP contribution in [0.4, 0.5) is 4.39 Å². The Morgan fingerprint density at radius 3 is 2.20 bits per heavy atom. The Bertz CT molecular complexity index is 1770. The fourth-order valence-corrected chi connectivity index (χ4v) is 5.89. The number of rotatable bonds is 14. The van der Waals surface area contributed by atoms with Gasteiger partial charge in [-0.1, -0.05) is 55.5 Å². The average molecular weight is 639 g/mol. The van der Waals surface area contributed by atoms with Crippen LogP contribution in [-0.4, -0.2) is 30.5 Å². The Labute approximate surface area is 271 Å². The summed E-state index contributed by atoms with van der Waals surface area (Å²) >= 11 is 0. The van der Waals surface area contributed by atoms with Gasteiger partial charge in [0.1, 0.15) is 29.7 Å². The summed E-state index contributed by atoms with van der Waals surface area (Å²) in [7, 11) is -0.118. The number of carbonyl (C=O) groups excluding carboxylic acids is 1. The molecule has 1 unspecified atom stereocenters. The van der Waals surface area contributed by atoms with Crippen molar-refractivity contribution in [2.45, 2.75) is 36.2 Å². The number of hydrogen-bond acceptors (Lipinski definition) is 6. The van der Waals surface area contributed by atoms with Gasteiger partial charge in [0, 0.05) is 27.8 Å². The summed E-state index contributed by atoms with van der Waals surface area (Å²) in [6.45, 7) is 3.26. The molecule has 0 heterocycles. The minimum absolute atomic E-state index is 0.292. The third kappa shape index (κ3) is 8.40. The van der Waals surface area contributed by atoms with Gasteiger partial charge in [0.25, 0.3) is 0 Å². The predicted molar refractivity (Wildman–Crippen MR) is 176 cm³/mol. The van der Waals surface area contributed by atoms with E-state index >= 15 is 0 Å². The summed E-state index contributed by atoms with van der Waals surface area (Å²) in [6.07, 6.45) is 1.36. The topological polar surface area (TPSA) is 71.1 Å². The zero-order valence-corrected chi connectivity index (χ0v) is 26.6. The van der Waals surface area contributed by atoms with E-state index in [9.17, 15) is 13.4 Å². The SMILES string of the molecule is CCc1cc(-c2ccc(F)cc2)c(OCc2ccccc2)cc1OCCCOc1cccc(S(=O)c2ccc(C(=O)OC)cc2)c1. The first kappa shape index (κ1) is 32.4. The summed E-state index contributed by atoms with van der Waals surface area (Å²) in [4.78, 5) is 12.9. The average Bonchev–Trinajstić information content (AvgIpc) is 3.11. The second-order valence-corrected chi connectivity index (χ2v) is 11.9. The van der Waals surface area contributed by atoms with Crippen LogP contribution in [0.15, 0.2) is 125 Å². The second-order valence-electron chi connectivity index (χ2n) is 10.4. The molecule has 0 saturated heterocycles. The van der Waals surface area contributed by atoms with E-state index in [0.717, 1.165) is 34.4 Å². The van der Waals surface area contributed by atoms with Crippen molar-refractivity contribution in [2.75, 3.05) is 20.3 Å². The molecule has 0 aliphatic rings. The number of carbonyl (C=O) groups is 1. The molecular weight excluding hydrogens is 603 g/mol. The molecule has 0 aliphatic heterocycles. The molecule has 5 rings (SSSR count). The van der Waals surface area contributed by atoms with Gasteiger partial charge in [-0.3, -0.25) is 0 Å². The fourth-order valence-electron chi connectivity index (χ4n) is 4.81.